The van der Waals surface area contributed by atoms with E-state index in [4.69, 9.17) is 9.15 Å². The summed E-state index contributed by atoms with van der Waals surface area (Å²) in [5.74, 6) is 0.929. The monoisotopic (exact) mass is 253 g/mol. The summed E-state index contributed by atoms with van der Waals surface area (Å²) in [6.45, 7) is 7.75. The highest BCUT2D eigenvalue weighted by Crippen LogP contribution is 2.09. The molecule has 0 amide bonds. The van der Waals surface area contributed by atoms with Crippen LogP contribution in [0.2, 0.25) is 0 Å². The third-order valence-corrected chi connectivity index (χ3v) is 2.85. The van der Waals surface area contributed by atoms with E-state index in [-0.39, 0.29) is 0 Å². The lowest BCUT2D eigenvalue weighted by Gasteiger charge is -2.01. The van der Waals surface area contributed by atoms with Gasteiger partial charge in [-0.05, 0) is 25.5 Å². The molecule has 1 aromatic rings. The Balaban J connectivity index is 2.07. The molecule has 0 radical (unpaired) electrons. The SMILES string of the molecule is CCCCCCOCc1cc(CNCCC)co1. The summed E-state index contributed by atoms with van der Waals surface area (Å²) in [5, 5.41) is 3.35. The Bertz CT molecular complexity index is 296. The second kappa shape index (κ2) is 10.2. The lowest BCUT2D eigenvalue weighted by Crippen LogP contribution is -2.13. The minimum Gasteiger partial charge on any atom is -0.467 e. The summed E-state index contributed by atoms with van der Waals surface area (Å²) in [5.41, 5.74) is 1.20. The third-order valence-electron chi connectivity index (χ3n) is 2.85. The van der Waals surface area contributed by atoms with Gasteiger partial charge in [0.15, 0.2) is 0 Å². The molecule has 1 rings (SSSR count). The highest BCUT2D eigenvalue weighted by Gasteiger charge is 2.01. The zero-order valence-electron chi connectivity index (χ0n) is 11.8. The quantitative estimate of drug-likeness (QED) is 0.608. The van der Waals surface area contributed by atoms with Crippen LogP contribution in [0.3, 0.4) is 0 Å². The molecule has 0 aliphatic heterocycles. The average Bonchev–Trinajstić information content (AvgIpc) is 2.82. The van der Waals surface area contributed by atoms with Crippen LogP contribution >= 0.6 is 0 Å². The van der Waals surface area contributed by atoms with Crippen molar-refractivity contribution in [3.05, 3.63) is 23.7 Å². The molecule has 0 saturated carbocycles. The molecule has 0 saturated heterocycles. The summed E-state index contributed by atoms with van der Waals surface area (Å²) in [4.78, 5) is 0. The number of ether oxygens (including phenoxy) is 1. The molecular formula is C15H27NO2. The first-order chi connectivity index (χ1) is 8.86. The number of nitrogens with one attached hydrogen (secondary N) is 1. The molecule has 0 unspecified atom stereocenters. The predicted molar refractivity (Wildman–Crippen MR) is 74.5 cm³/mol. The Hall–Kier alpha value is -0.800. The van der Waals surface area contributed by atoms with Gasteiger partial charge in [0.25, 0.3) is 0 Å². The van der Waals surface area contributed by atoms with Crippen molar-refractivity contribution in [2.75, 3.05) is 13.2 Å². The molecular weight excluding hydrogens is 226 g/mol. The first-order valence-corrected chi connectivity index (χ1v) is 7.21. The highest BCUT2D eigenvalue weighted by atomic mass is 16.5. The smallest absolute Gasteiger partial charge is 0.129 e. The van der Waals surface area contributed by atoms with Gasteiger partial charge < -0.3 is 14.5 Å². The van der Waals surface area contributed by atoms with Crippen molar-refractivity contribution in [2.45, 2.75) is 59.1 Å². The minimum atomic E-state index is 0.597. The van der Waals surface area contributed by atoms with E-state index in [0.717, 1.165) is 38.3 Å². The van der Waals surface area contributed by atoms with Gasteiger partial charge in [-0.3, -0.25) is 0 Å². The highest BCUT2D eigenvalue weighted by molar-refractivity contribution is 5.11. The maximum atomic E-state index is 5.59. The summed E-state index contributed by atoms with van der Waals surface area (Å²) in [6, 6.07) is 2.08. The van der Waals surface area contributed by atoms with E-state index in [9.17, 15) is 0 Å². The van der Waals surface area contributed by atoms with E-state index in [1.165, 1.54) is 24.8 Å². The Morgan fingerprint density at radius 2 is 2.06 bits per heavy atom. The van der Waals surface area contributed by atoms with Crippen LogP contribution in [-0.2, 0) is 17.9 Å². The largest absolute Gasteiger partial charge is 0.467 e. The summed E-state index contributed by atoms with van der Waals surface area (Å²) < 4.78 is 11.0. The fourth-order valence-corrected chi connectivity index (χ4v) is 1.81. The zero-order valence-corrected chi connectivity index (χ0v) is 11.8. The first-order valence-electron chi connectivity index (χ1n) is 7.21. The maximum absolute atomic E-state index is 5.59. The van der Waals surface area contributed by atoms with Crippen molar-refractivity contribution >= 4 is 0 Å². The van der Waals surface area contributed by atoms with Gasteiger partial charge in [-0.1, -0.05) is 33.1 Å². The van der Waals surface area contributed by atoms with Crippen LogP contribution in [0.25, 0.3) is 0 Å². The van der Waals surface area contributed by atoms with E-state index in [0.29, 0.717) is 6.61 Å². The normalized spacial score (nSPS) is 11.0. The molecule has 1 heterocycles. The standard InChI is InChI=1S/C15H27NO2/c1-3-5-6-7-9-17-13-15-10-14(12-18-15)11-16-8-4-2/h10,12,16H,3-9,11,13H2,1-2H3. The van der Waals surface area contributed by atoms with E-state index in [1.807, 2.05) is 6.26 Å². The van der Waals surface area contributed by atoms with Gasteiger partial charge in [0, 0.05) is 18.7 Å². The molecule has 3 heteroatoms. The molecule has 0 bridgehead atoms. The van der Waals surface area contributed by atoms with Crippen LogP contribution in [0.15, 0.2) is 16.7 Å². The van der Waals surface area contributed by atoms with Crippen molar-refractivity contribution < 1.29 is 9.15 Å². The van der Waals surface area contributed by atoms with Crippen molar-refractivity contribution in [3.8, 4) is 0 Å². The molecule has 0 aromatic carbocycles. The summed E-state index contributed by atoms with van der Waals surface area (Å²) >= 11 is 0. The lowest BCUT2D eigenvalue weighted by molar-refractivity contribution is 0.102. The Kier molecular flexibility index (Phi) is 8.61. The molecule has 0 fully saturated rings. The second-order valence-corrected chi connectivity index (χ2v) is 4.71. The minimum absolute atomic E-state index is 0.597. The molecule has 104 valence electrons. The van der Waals surface area contributed by atoms with Crippen molar-refractivity contribution in [2.24, 2.45) is 0 Å². The van der Waals surface area contributed by atoms with Crippen molar-refractivity contribution in [3.63, 3.8) is 0 Å². The number of hydrogen-bond acceptors (Lipinski definition) is 3. The zero-order chi connectivity index (χ0) is 13.1. The van der Waals surface area contributed by atoms with Crippen molar-refractivity contribution in [1.29, 1.82) is 0 Å². The molecule has 0 atom stereocenters. The predicted octanol–water partition coefficient (Wildman–Crippen LogP) is 3.88. The van der Waals surface area contributed by atoms with Gasteiger partial charge >= 0.3 is 0 Å². The Morgan fingerprint density at radius 3 is 2.83 bits per heavy atom. The van der Waals surface area contributed by atoms with Crippen LogP contribution in [-0.4, -0.2) is 13.2 Å². The topological polar surface area (TPSA) is 34.4 Å². The van der Waals surface area contributed by atoms with Gasteiger partial charge in [0.2, 0.25) is 0 Å². The fourth-order valence-electron chi connectivity index (χ4n) is 1.81. The molecule has 0 aliphatic rings. The second-order valence-electron chi connectivity index (χ2n) is 4.71. The van der Waals surface area contributed by atoms with Gasteiger partial charge in [0.05, 0.1) is 6.26 Å². The van der Waals surface area contributed by atoms with Crippen molar-refractivity contribution in [1.82, 2.24) is 5.32 Å². The van der Waals surface area contributed by atoms with E-state index in [2.05, 4.69) is 25.2 Å². The Labute approximate surface area is 111 Å². The fraction of sp³-hybridized carbons (Fsp3) is 0.733. The molecule has 18 heavy (non-hydrogen) atoms. The van der Waals surface area contributed by atoms with E-state index < -0.39 is 0 Å². The number of hydrogen-bond donors (Lipinski definition) is 1. The summed E-state index contributed by atoms with van der Waals surface area (Å²) in [6.07, 6.45) is 7.97. The van der Waals surface area contributed by atoms with Crippen LogP contribution < -0.4 is 5.32 Å². The number of furan rings is 1. The molecule has 0 aliphatic carbocycles. The Morgan fingerprint density at radius 1 is 1.17 bits per heavy atom. The average molecular weight is 253 g/mol. The van der Waals surface area contributed by atoms with Crippen LogP contribution in [0, 0.1) is 0 Å². The first kappa shape index (κ1) is 15.3. The molecule has 1 N–H and O–H groups in total. The van der Waals surface area contributed by atoms with Gasteiger partial charge in [-0.2, -0.15) is 0 Å². The third kappa shape index (κ3) is 6.82. The molecule has 3 nitrogen and oxygen atoms in total. The molecule has 1 aromatic heterocycles. The van der Waals surface area contributed by atoms with E-state index >= 15 is 0 Å². The summed E-state index contributed by atoms with van der Waals surface area (Å²) in [7, 11) is 0. The van der Waals surface area contributed by atoms with Crippen LogP contribution in [0.4, 0.5) is 0 Å². The lowest BCUT2D eigenvalue weighted by atomic mass is 10.2. The number of rotatable bonds is 11. The van der Waals surface area contributed by atoms with Crippen LogP contribution in [0.1, 0.15) is 57.3 Å². The van der Waals surface area contributed by atoms with Gasteiger partial charge in [-0.25, -0.2) is 0 Å². The molecule has 0 spiro atoms. The van der Waals surface area contributed by atoms with Gasteiger partial charge in [-0.15, -0.1) is 0 Å². The maximum Gasteiger partial charge on any atom is 0.129 e. The van der Waals surface area contributed by atoms with Gasteiger partial charge in [0.1, 0.15) is 12.4 Å². The van der Waals surface area contributed by atoms with E-state index in [1.54, 1.807) is 0 Å². The number of unbranched alkanes of at least 4 members (excludes halogenated alkanes) is 3. The van der Waals surface area contributed by atoms with Crippen LogP contribution in [0.5, 0.6) is 0 Å².